The number of fused-ring (bicyclic) bond motifs is 2. The number of aromatic nitrogens is 5. The van der Waals surface area contributed by atoms with Crippen LogP contribution in [-0.2, 0) is 23.2 Å². The van der Waals surface area contributed by atoms with Gasteiger partial charge in [0.1, 0.15) is 16.8 Å². The molecule has 2 atom stereocenters. The molecule has 0 radical (unpaired) electrons. The molecule has 4 aromatic rings. The van der Waals surface area contributed by atoms with Crippen molar-refractivity contribution < 1.29 is 4.21 Å². The number of nitrogens with zero attached hydrogens (tertiary/aromatic N) is 6. The second-order valence-corrected chi connectivity index (χ2v) is 9.99. The summed E-state index contributed by atoms with van der Waals surface area (Å²) < 4.78 is 16.7. The van der Waals surface area contributed by atoms with Gasteiger partial charge < -0.3 is 16.4 Å². The van der Waals surface area contributed by atoms with Crippen LogP contribution in [-0.4, -0.2) is 47.7 Å². The lowest BCUT2D eigenvalue weighted by Gasteiger charge is -2.34. The Labute approximate surface area is 199 Å². The molecular formula is C23H25N9OS. The zero-order valence-corrected chi connectivity index (χ0v) is 19.3. The normalized spacial score (nSPS) is 19.9. The van der Waals surface area contributed by atoms with Crippen molar-refractivity contribution in [1.82, 2.24) is 24.3 Å². The van der Waals surface area contributed by atoms with Crippen molar-refractivity contribution in [2.24, 2.45) is 5.73 Å². The number of nitrogen functional groups attached to an aromatic ring is 1. The molecule has 34 heavy (non-hydrogen) atoms. The van der Waals surface area contributed by atoms with E-state index in [9.17, 15) is 4.21 Å². The summed E-state index contributed by atoms with van der Waals surface area (Å²) in [5, 5.41) is 0. The number of hydrogen-bond donors (Lipinski definition) is 3. The first-order valence-corrected chi connectivity index (χ1v) is 12.6. The van der Waals surface area contributed by atoms with E-state index in [1.54, 1.807) is 12.4 Å². The number of pyridine rings is 2. The summed E-state index contributed by atoms with van der Waals surface area (Å²) in [7, 11) is -1.11. The first-order valence-electron chi connectivity index (χ1n) is 11.3. The van der Waals surface area contributed by atoms with E-state index in [0.717, 1.165) is 59.7 Å². The fourth-order valence-electron chi connectivity index (χ4n) is 4.76. The van der Waals surface area contributed by atoms with Crippen LogP contribution in [0.4, 0.5) is 17.3 Å². The van der Waals surface area contributed by atoms with Gasteiger partial charge in [-0.1, -0.05) is 0 Å². The Kier molecular flexibility index (Phi) is 5.15. The zero-order chi connectivity index (χ0) is 23.2. The largest absolute Gasteiger partial charge is 0.381 e. The van der Waals surface area contributed by atoms with Crippen LogP contribution in [0.1, 0.15) is 29.7 Å². The van der Waals surface area contributed by atoms with Crippen molar-refractivity contribution in [3.05, 3.63) is 59.9 Å². The number of hydrogen-bond acceptors (Lipinski definition) is 8. The molecule has 6 rings (SSSR count). The fraction of sp³-hybridized carbons (Fsp3) is 0.304. The van der Waals surface area contributed by atoms with Gasteiger partial charge in [-0.15, -0.1) is 0 Å². The molecule has 0 amide bonds. The van der Waals surface area contributed by atoms with Gasteiger partial charge in [-0.3, -0.25) is 14.1 Å². The summed E-state index contributed by atoms with van der Waals surface area (Å²) in [5.41, 5.74) is 18.8. The van der Waals surface area contributed by atoms with E-state index in [-0.39, 0.29) is 6.04 Å². The van der Waals surface area contributed by atoms with E-state index in [0.29, 0.717) is 29.5 Å². The van der Waals surface area contributed by atoms with Crippen LogP contribution < -0.4 is 21.1 Å². The first kappa shape index (κ1) is 21.0. The Morgan fingerprint density at radius 2 is 2.06 bits per heavy atom. The molecule has 5 N–H and O–H groups in total. The molecule has 1 fully saturated rings. The molecule has 0 aromatic carbocycles. The Morgan fingerprint density at radius 1 is 1.15 bits per heavy atom. The summed E-state index contributed by atoms with van der Waals surface area (Å²) in [6.45, 7) is 1.75. The molecule has 2 aliphatic rings. The Hall–Kier alpha value is -3.57. The van der Waals surface area contributed by atoms with E-state index in [1.165, 1.54) is 0 Å². The summed E-state index contributed by atoms with van der Waals surface area (Å²) in [4.78, 5) is 20.2. The predicted octanol–water partition coefficient (Wildman–Crippen LogP) is 1.88. The number of rotatable bonds is 4. The van der Waals surface area contributed by atoms with E-state index in [2.05, 4.69) is 30.6 Å². The average Bonchev–Trinajstić information content (AvgIpc) is 3.42. The van der Waals surface area contributed by atoms with E-state index < -0.39 is 11.0 Å². The van der Waals surface area contributed by atoms with Crippen LogP contribution in [0, 0.1) is 0 Å². The topological polar surface area (TPSA) is 140 Å². The van der Waals surface area contributed by atoms with Crippen molar-refractivity contribution in [3.8, 4) is 11.3 Å². The van der Waals surface area contributed by atoms with Crippen molar-refractivity contribution in [2.45, 2.75) is 31.1 Å². The van der Waals surface area contributed by atoms with Gasteiger partial charge in [-0.25, -0.2) is 19.2 Å². The SMILES string of the molecule is Nc1nccn2c(Cc3cc(-c4cnc5c(c4)CS(=O)N5)ncc3N3CCC[C@@H](N)C3)cnc12. The third-order valence-corrected chi connectivity index (χ3v) is 7.42. The minimum absolute atomic E-state index is 0.150. The summed E-state index contributed by atoms with van der Waals surface area (Å²) in [6.07, 6.45) is 11.9. The molecule has 1 unspecified atom stereocenters. The van der Waals surface area contributed by atoms with Crippen molar-refractivity contribution in [2.75, 3.05) is 28.4 Å². The molecule has 11 heteroatoms. The second-order valence-electron chi connectivity index (χ2n) is 8.80. The Morgan fingerprint density at radius 3 is 2.94 bits per heavy atom. The maximum Gasteiger partial charge on any atom is 0.180 e. The molecular weight excluding hydrogens is 450 g/mol. The lowest BCUT2D eigenvalue weighted by molar-refractivity contribution is 0.505. The van der Waals surface area contributed by atoms with E-state index in [1.807, 2.05) is 29.1 Å². The van der Waals surface area contributed by atoms with E-state index >= 15 is 0 Å². The monoisotopic (exact) mass is 475 g/mol. The van der Waals surface area contributed by atoms with Crippen LogP contribution in [0.3, 0.4) is 0 Å². The third-order valence-electron chi connectivity index (χ3n) is 6.43. The highest BCUT2D eigenvalue weighted by atomic mass is 32.2. The fourth-order valence-corrected chi connectivity index (χ4v) is 5.73. The maximum absolute atomic E-state index is 11.9. The van der Waals surface area contributed by atoms with Gasteiger partial charge in [0, 0.05) is 67.2 Å². The molecule has 174 valence electrons. The van der Waals surface area contributed by atoms with Gasteiger partial charge in [0.05, 0.1) is 23.3 Å². The number of nitrogens with two attached hydrogens (primary N) is 2. The highest BCUT2D eigenvalue weighted by Crippen LogP contribution is 2.32. The molecule has 0 saturated carbocycles. The molecule has 4 aromatic heterocycles. The van der Waals surface area contributed by atoms with Crippen LogP contribution >= 0.6 is 0 Å². The van der Waals surface area contributed by atoms with Gasteiger partial charge in [0.2, 0.25) is 0 Å². The maximum atomic E-state index is 11.9. The van der Waals surface area contributed by atoms with Gasteiger partial charge in [0.15, 0.2) is 11.5 Å². The minimum atomic E-state index is -1.11. The van der Waals surface area contributed by atoms with Crippen molar-refractivity contribution in [1.29, 1.82) is 0 Å². The summed E-state index contributed by atoms with van der Waals surface area (Å²) >= 11 is 0. The van der Waals surface area contributed by atoms with Crippen LogP contribution in [0.5, 0.6) is 0 Å². The second kappa shape index (κ2) is 8.33. The summed E-state index contributed by atoms with van der Waals surface area (Å²) in [5.74, 6) is 1.53. The van der Waals surface area contributed by atoms with E-state index in [4.69, 9.17) is 16.5 Å². The summed E-state index contributed by atoms with van der Waals surface area (Å²) in [6, 6.07) is 4.28. The van der Waals surface area contributed by atoms with Crippen LogP contribution in [0.25, 0.3) is 16.9 Å². The number of piperidine rings is 1. The van der Waals surface area contributed by atoms with Crippen molar-refractivity contribution in [3.63, 3.8) is 0 Å². The smallest absolute Gasteiger partial charge is 0.180 e. The first-order chi connectivity index (χ1) is 16.5. The van der Waals surface area contributed by atoms with Gasteiger partial charge in [-0.2, -0.15) is 0 Å². The number of nitrogens with one attached hydrogen (secondary N) is 1. The molecule has 1 saturated heterocycles. The molecule has 10 nitrogen and oxygen atoms in total. The van der Waals surface area contributed by atoms with Gasteiger partial charge in [0.25, 0.3) is 0 Å². The lowest BCUT2D eigenvalue weighted by atomic mass is 10.0. The molecule has 0 bridgehead atoms. The van der Waals surface area contributed by atoms with Crippen LogP contribution in [0.15, 0.2) is 43.1 Å². The molecule has 2 aliphatic heterocycles. The predicted molar refractivity (Wildman–Crippen MR) is 133 cm³/mol. The Bertz CT molecular complexity index is 1420. The lowest BCUT2D eigenvalue weighted by Crippen LogP contribution is -2.43. The van der Waals surface area contributed by atoms with Gasteiger partial charge in [-0.05, 0) is 30.5 Å². The number of anilines is 3. The van der Waals surface area contributed by atoms with Gasteiger partial charge >= 0.3 is 0 Å². The quantitative estimate of drug-likeness (QED) is 0.406. The highest BCUT2D eigenvalue weighted by molar-refractivity contribution is 7.86. The number of imidazole rings is 1. The minimum Gasteiger partial charge on any atom is -0.381 e. The highest BCUT2D eigenvalue weighted by Gasteiger charge is 2.22. The van der Waals surface area contributed by atoms with Crippen LogP contribution in [0.2, 0.25) is 0 Å². The molecule has 0 spiro atoms. The standard InChI is InChI=1S/C23H25N9OS/c24-17-2-1-4-31(12-17)20-11-27-19(15-6-16-13-34(33)30-22(16)28-9-15)8-14(20)7-18-10-29-23-21(25)26-3-5-32(18)23/h3,5-6,8-11,17H,1-2,4,7,12-13,24H2,(H2,25,26)(H,28,30)/t17-,34?/m1/s1. The molecule has 0 aliphatic carbocycles. The third kappa shape index (κ3) is 3.76. The average molecular weight is 476 g/mol. The van der Waals surface area contributed by atoms with Crippen molar-refractivity contribution >= 4 is 34.0 Å². The Balaban J connectivity index is 1.42. The zero-order valence-electron chi connectivity index (χ0n) is 18.5. The molecule has 6 heterocycles.